The number of aliphatic hydroxyl groups excluding tert-OH is 1. The predicted molar refractivity (Wildman–Crippen MR) is 192 cm³/mol. The number of thioether (sulfide) groups is 1. The van der Waals surface area contributed by atoms with E-state index in [0.717, 1.165) is 39.1 Å². The van der Waals surface area contributed by atoms with Gasteiger partial charge in [0.2, 0.25) is 17.0 Å². The van der Waals surface area contributed by atoms with E-state index in [0.29, 0.717) is 43.1 Å². The third kappa shape index (κ3) is 9.80. The van der Waals surface area contributed by atoms with Crippen LogP contribution in [-0.4, -0.2) is 59.3 Å². The number of hydroxylamine groups is 1. The van der Waals surface area contributed by atoms with Gasteiger partial charge in [-0.25, -0.2) is 5.48 Å². The predicted octanol–water partition coefficient (Wildman–Crippen LogP) is 5.55. The number of nitrogens with zero attached hydrogens (tertiary/aromatic N) is 4. The Kier molecular flexibility index (Phi) is 12.6. The second-order valence-corrected chi connectivity index (χ2v) is 13.4. The topological polar surface area (TPSA) is 181 Å². The van der Waals surface area contributed by atoms with Gasteiger partial charge in [0.05, 0.1) is 24.5 Å². The number of carbonyl (C=O) groups is 2. The number of nitrogens with one attached hydrogen (secondary N) is 2. The Morgan fingerprint density at radius 1 is 0.846 bits per heavy atom. The molecule has 2 amide bonds. The Balaban J connectivity index is 1.15. The summed E-state index contributed by atoms with van der Waals surface area (Å²) in [4.78, 5) is 23.5. The monoisotopic (exact) mass is 724 g/mol. The van der Waals surface area contributed by atoms with E-state index in [2.05, 4.69) is 26.9 Å². The molecule has 0 bridgehead atoms. The molecule has 0 radical (unpaired) electrons. The highest BCUT2D eigenvalue weighted by atomic mass is 32.2. The molecule has 3 unspecified atom stereocenters. The van der Waals surface area contributed by atoms with E-state index < -0.39 is 12.2 Å². The van der Waals surface area contributed by atoms with E-state index in [-0.39, 0.29) is 36.9 Å². The number of amides is 2. The lowest BCUT2D eigenvalue weighted by atomic mass is 9.99. The van der Waals surface area contributed by atoms with Crippen molar-refractivity contribution in [2.45, 2.75) is 68.9 Å². The highest BCUT2D eigenvalue weighted by Crippen LogP contribution is 2.40. The number of benzene rings is 4. The molecule has 2 heterocycles. The zero-order chi connectivity index (χ0) is 36.3. The molecule has 0 spiro atoms. The molecule has 4 aromatic carbocycles. The molecule has 3 atom stereocenters. The van der Waals surface area contributed by atoms with Crippen LogP contribution in [0.5, 0.6) is 5.75 Å². The van der Waals surface area contributed by atoms with Crippen LogP contribution < -0.4 is 10.8 Å². The minimum absolute atomic E-state index is 0.0414. The lowest BCUT2D eigenvalue weighted by Gasteiger charge is -2.36. The molecule has 1 saturated heterocycles. The van der Waals surface area contributed by atoms with Crippen molar-refractivity contribution in [2.24, 2.45) is 0 Å². The van der Waals surface area contributed by atoms with Crippen LogP contribution in [-0.2, 0) is 32.2 Å². The van der Waals surface area contributed by atoms with E-state index in [9.17, 15) is 19.8 Å². The van der Waals surface area contributed by atoms with Gasteiger partial charge in [-0.15, -0.1) is 5.10 Å². The number of phenolic OH excluding ortho intramolecular Hbond substituents is 1. The number of hydrogen-bond acceptors (Lipinski definition) is 11. The summed E-state index contributed by atoms with van der Waals surface area (Å²) in [6.45, 7) is 0.324. The van der Waals surface area contributed by atoms with Gasteiger partial charge in [-0.2, -0.15) is 4.68 Å². The van der Waals surface area contributed by atoms with Crippen LogP contribution in [0.15, 0.2) is 102 Å². The second kappa shape index (κ2) is 17.9. The van der Waals surface area contributed by atoms with Gasteiger partial charge in [-0.05, 0) is 87.5 Å². The molecule has 13 nitrogen and oxygen atoms in total. The summed E-state index contributed by atoms with van der Waals surface area (Å²) in [5.41, 5.74) is 7.86. The Morgan fingerprint density at radius 2 is 1.58 bits per heavy atom. The van der Waals surface area contributed by atoms with Crippen molar-refractivity contribution < 1.29 is 34.5 Å². The zero-order valence-electron chi connectivity index (χ0n) is 28.3. The summed E-state index contributed by atoms with van der Waals surface area (Å²) in [6.07, 6.45) is 0.954. The summed E-state index contributed by atoms with van der Waals surface area (Å²) in [6, 6.07) is 30.4. The summed E-state index contributed by atoms with van der Waals surface area (Å²) >= 11 is 1.47. The maximum absolute atomic E-state index is 12.4. The Labute approximate surface area is 304 Å². The molecule has 5 aromatic rings. The Hall–Kier alpha value is -5.12. The van der Waals surface area contributed by atoms with E-state index in [4.69, 9.17) is 14.7 Å². The zero-order valence-corrected chi connectivity index (χ0v) is 29.1. The van der Waals surface area contributed by atoms with Crippen LogP contribution in [0.4, 0.5) is 0 Å². The molecule has 52 heavy (non-hydrogen) atoms. The number of hydrogen-bond donors (Lipinski definition) is 5. The first-order valence-corrected chi connectivity index (χ1v) is 18.0. The normalized spacial score (nSPS) is 17.1. The van der Waals surface area contributed by atoms with E-state index >= 15 is 0 Å². The van der Waals surface area contributed by atoms with Gasteiger partial charge in [0.1, 0.15) is 5.75 Å². The van der Waals surface area contributed by atoms with Gasteiger partial charge in [-0.1, -0.05) is 72.4 Å². The molecule has 0 saturated carbocycles. The van der Waals surface area contributed by atoms with Crippen molar-refractivity contribution in [1.29, 1.82) is 0 Å². The number of rotatable bonds is 15. The molecule has 1 aromatic heterocycles. The van der Waals surface area contributed by atoms with Gasteiger partial charge in [-0.3, -0.25) is 14.8 Å². The van der Waals surface area contributed by atoms with Crippen molar-refractivity contribution >= 4 is 23.6 Å². The summed E-state index contributed by atoms with van der Waals surface area (Å²) in [7, 11) is 0. The average Bonchev–Trinajstić information content (AvgIpc) is 3.67. The molecular weight excluding hydrogens is 685 g/mol. The van der Waals surface area contributed by atoms with Crippen LogP contribution in [0.1, 0.15) is 66.8 Å². The van der Waals surface area contributed by atoms with E-state index in [1.54, 1.807) is 34.4 Å². The minimum Gasteiger partial charge on any atom is -0.508 e. The molecule has 14 heteroatoms. The average molecular weight is 725 g/mol. The number of phenols is 1. The van der Waals surface area contributed by atoms with Gasteiger partial charge in [0, 0.05) is 37.1 Å². The number of carbonyl (C=O) groups excluding carboxylic acids is 2. The second-order valence-electron chi connectivity index (χ2n) is 12.4. The van der Waals surface area contributed by atoms with Crippen LogP contribution in [0, 0.1) is 0 Å². The first kappa shape index (κ1) is 36.7. The Bertz CT molecular complexity index is 1940. The molecule has 5 N–H and O–H groups in total. The molecule has 1 fully saturated rings. The Morgan fingerprint density at radius 3 is 2.33 bits per heavy atom. The van der Waals surface area contributed by atoms with Crippen LogP contribution in [0.2, 0.25) is 0 Å². The maximum Gasteiger partial charge on any atom is 0.243 e. The van der Waals surface area contributed by atoms with Crippen molar-refractivity contribution in [3.05, 3.63) is 119 Å². The maximum atomic E-state index is 12.4. The van der Waals surface area contributed by atoms with Gasteiger partial charge >= 0.3 is 0 Å². The number of ether oxygens (including phenoxy) is 2. The third-order valence-corrected chi connectivity index (χ3v) is 9.69. The van der Waals surface area contributed by atoms with Crippen LogP contribution >= 0.6 is 11.8 Å². The summed E-state index contributed by atoms with van der Waals surface area (Å²) in [5.74, 6) is 0.143. The number of aromatic nitrogens is 4. The SMILES string of the molecule is O=C(CCCCC(=O)NCc1cccc(-c2cccc(C3OC(CSc4nnnn4-c4ccc(O)cc4)CC(c4ccc(CO)cc4)O3)c2)c1)NO. The lowest BCUT2D eigenvalue weighted by molar-refractivity contribution is -0.245. The quantitative estimate of drug-likeness (QED) is 0.0396. The summed E-state index contributed by atoms with van der Waals surface area (Å²) < 4.78 is 14.8. The fourth-order valence-corrected chi connectivity index (χ4v) is 6.76. The highest BCUT2D eigenvalue weighted by Gasteiger charge is 2.33. The van der Waals surface area contributed by atoms with Gasteiger partial charge in [0.15, 0.2) is 6.29 Å². The fourth-order valence-electron chi connectivity index (χ4n) is 5.86. The van der Waals surface area contributed by atoms with E-state index in [1.807, 2.05) is 66.7 Å². The van der Waals surface area contributed by atoms with Crippen molar-refractivity contribution in [3.63, 3.8) is 0 Å². The minimum atomic E-state index is -0.666. The van der Waals surface area contributed by atoms with Gasteiger partial charge < -0.3 is 25.0 Å². The molecule has 270 valence electrons. The standard InChI is InChI=1S/C38H40N6O7S/c45-23-25-11-13-27(14-12-25)34-21-33(24-52-38-40-42-43-44(38)31-15-17-32(46)18-16-31)50-37(51-34)30-8-4-7-29(20-30)28-6-3-5-26(19-28)22-39-35(47)9-1-2-10-36(48)41-49/h3-8,11-20,33-34,37,45-46,49H,1-2,9-10,21-24H2,(H,39,47)(H,41,48). The molecule has 0 aliphatic carbocycles. The fraction of sp³-hybridized carbons (Fsp3) is 0.289. The molecule has 6 rings (SSSR count). The van der Waals surface area contributed by atoms with Gasteiger partial charge in [0.25, 0.3) is 0 Å². The first-order chi connectivity index (χ1) is 25.4. The number of aromatic hydroxyl groups is 1. The lowest BCUT2D eigenvalue weighted by Crippen LogP contribution is -2.31. The third-order valence-electron chi connectivity index (χ3n) is 8.64. The number of tetrazole rings is 1. The van der Waals surface area contributed by atoms with Crippen molar-refractivity contribution in [2.75, 3.05) is 5.75 Å². The highest BCUT2D eigenvalue weighted by molar-refractivity contribution is 7.99. The van der Waals surface area contributed by atoms with Crippen LogP contribution in [0.3, 0.4) is 0 Å². The smallest absolute Gasteiger partial charge is 0.243 e. The van der Waals surface area contributed by atoms with Crippen molar-refractivity contribution in [3.8, 4) is 22.6 Å². The molecule has 1 aliphatic rings. The first-order valence-electron chi connectivity index (χ1n) is 17.0. The number of unbranched alkanes of at least 4 members (excludes halogenated alkanes) is 1. The molecular formula is C38H40N6O7S. The molecule has 1 aliphatic heterocycles. The summed E-state index contributed by atoms with van der Waals surface area (Å²) in [5, 5.41) is 43.7. The van der Waals surface area contributed by atoms with Crippen molar-refractivity contribution in [1.82, 2.24) is 31.0 Å². The van der Waals surface area contributed by atoms with Crippen LogP contribution in [0.25, 0.3) is 16.8 Å². The largest absolute Gasteiger partial charge is 0.508 e. The van der Waals surface area contributed by atoms with E-state index in [1.165, 1.54) is 11.8 Å². The number of aliphatic hydroxyl groups is 1.